The van der Waals surface area contributed by atoms with Gasteiger partial charge < -0.3 is 25.5 Å². The number of benzene rings is 2. The molecule has 6 rings (SSSR count). The van der Waals surface area contributed by atoms with Crippen molar-refractivity contribution in [2.45, 2.75) is 58.3 Å². The van der Waals surface area contributed by atoms with Crippen LogP contribution >= 0.6 is 0 Å². The molecule has 2 unspecified atom stereocenters. The summed E-state index contributed by atoms with van der Waals surface area (Å²) in [7, 11) is 2.12. The van der Waals surface area contributed by atoms with E-state index in [0.717, 1.165) is 77.3 Å². The second-order valence-electron chi connectivity index (χ2n) is 11.8. The highest BCUT2D eigenvalue weighted by Crippen LogP contribution is 2.35. The first-order valence-electron chi connectivity index (χ1n) is 14.7. The molecular weight excluding hydrogens is 521 g/mol. The van der Waals surface area contributed by atoms with Crippen molar-refractivity contribution in [3.8, 4) is 16.9 Å². The second-order valence-corrected chi connectivity index (χ2v) is 11.8. The van der Waals surface area contributed by atoms with Crippen molar-refractivity contribution in [2.24, 2.45) is 0 Å². The van der Waals surface area contributed by atoms with Crippen LogP contribution in [0.25, 0.3) is 22.0 Å². The van der Waals surface area contributed by atoms with Gasteiger partial charge in [-0.15, -0.1) is 0 Å². The molecule has 2 aromatic carbocycles. The average Bonchev–Trinajstić information content (AvgIpc) is 3.51. The number of phenolic OH excluding ortho intramolecular Hbond substituents is 1. The highest BCUT2D eigenvalue weighted by molar-refractivity contribution is 5.87. The third-order valence-corrected chi connectivity index (χ3v) is 8.86. The van der Waals surface area contributed by atoms with Crippen molar-refractivity contribution in [1.29, 1.82) is 0 Å². The van der Waals surface area contributed by atoms with Crippen LogP contribution in [0.2, 0.25) is 0 Å². The van der Waals surface area contributed by atoms with Crippen molar-refractivity contribution in [3.05, 3.63) is 58.8 Å². The van der Waals surface area contributed by atoms with Gasteiger partial charge in [0.2, 0.25) is 5.91 Å². The number of halogens is 1. The van der Waals surface area contributed by atoms with Gasteiger partial charge in [0.05, 0.1) is 17.3 Å². The number of rotatable bonds is 5. The lowest BCUT2D eigenvalue weighted by Gasteiger charge is -2.40. The highest BCUT2D eigenvalue weighted by atomic mass is 19.1. The van der Waals surface area contributed by atoms with Crippen LogP contribution in [0.3, 0.4) is 0 Å². The molecule has 3 aliphatic heterocycles. The molecule has 0 bridgehead atoms. The molecule has 1 fully saturated rings. The smallest absolute Gasteiger partial charge is 0.240 e. The number of aryl methyl sites for hydroxylation is 1. The normalized spacial score (nSPS) is 22.1. The number of nitrogens with zero attached hydrogens (tertiary/aromatic N) is 4. The van der Waals surface area contributed by atoms with E-state index in [9.17, 15) is 14.3 Å². The zero-order valence-corrected chi connectivity index (χ0v) is 24.3. The number of carbonyl (C=O) groups excluding carboxylic acids is 1. The van der Waals surface area contributed by atoms with Gasteiger partial charge in [0.1, 0.15) is 6.17 Å². The van der Waals surface area contributed by atoms with Gasteiger partial charge in [-0.1, -0.05) is 19.1 Å². The van der Waals surface area contributed by atoms with Crippen molar-refractivity contribution >= 4 is 16.8 Å². The molecule has 41 heavy (non-hydrogen) atoms. The Morgan fingerprint density at radius 3 is 2.71 bits per heavy atom. The fourth-order valence-electron chi connectivity index (χ4n) is 6.47. The molecule has 1 amide bonds. The van der Waals surface area contributed by atoms with Crippen molar-refractivity contribution in [3.63, 3.8) is 0 Å². The Kier molecular flexibility index (Phi) is 7.37. The molecule has 10 heteroatoms. The molecule has 1 saturated heterocycles. The quantitative estimate of drug-likeness (QED) is 0.377. The predicted molar refractivity (Wildman–Crippen MR) is 158 cm³/mol. The van der Waals surface area contributed by atoms with Gasteiger partial charge in [-0.2, -0.15) is 5.10 Å². The van der Waals surface area contributed by atoms with Crippen LogP contribution < -0.4 is 10.6 Å². The minimum absolute atomic E-state index is 0.190. The number of aromatic hydroxyl groups is 1. The number of hydrogen-bond donors (Lipinski definition) is 4. The summed E-state index contributed by atoms with van der Waals surface area (Å²) < 4.78 is 14.2. The van der Waals surface area contributed by atoms with Crippen LogP contribution in [0.15, 0.2) is 41.7 Å². The third-order valence-electron chi connectivity index (χ3n) is 8.86. The van der Waals surface area contributed by atoms with Crippen molar-refractivity contribution in [1.82, 2.24) is 35.5 Å². The van der Waals surface area contributed by atoms with Crippen molar-refractivity contribution < 1.29 is 14.3 Å². The number of likely N-dealkylation sites (N-methyl/N-ethyl adjacent to an activating group) is 1. The van der Waals surface area contributed by atoms with Crippen LogP contribution in [0.4, 0.5) is 4.39 Å². The predicted octanol–water partition coefficient (Wildman–Crippen LogP) is 3.69. The Morgan fingerprint density at radius 1 is 1.12 bits per heavy atom. The maximum atomic E-state index is 14.2. The van der Waals surface area contributed by atoms with Gasteiger partial charge in [-0.05, 0) is 75.2 Å². The molecule has 218 valence electrons. The first kappa shape index (κ1) is 27.5. The summed E-state index contributed by atoms with van der Waals surface area (Å²) in [4.78, 5) is 20.4. The summed E-state index contributed by atoms with van der Waals surface area (Å²) in [6, 6.07) is 8.87. The van der Waals surface area contributed by atoms with Crippen molar-refractivity contribution in [2.75, 3.05) is 39.8 Å². The first-order chi connectivity index (χ1) is 19.7. The molecule has 0 spiro atoms. The van der Waals surface area contributed by atoms with Gasteiger partial charge in [-0.3, -0.25) is 14.8 Å². The number of fused-ring (bicyclic) bond motifs is 1. The first-order valence-corrected chi connectivity index (χ1v) is 14.7. The molecule has 0 radical (unpaired) electrons. The standard InChI is InChI=1S/C31H40FN7O2/c1-5-19-14-28(40)23(32)15-22(19)20-7-8-21-24(13-20)35-36-29(21)30-33-25-16-27(39(18(2)3)17-26(25)34-30)31(41)38-10-6-9-37(4)11-12-38/h7-8,13-15,18,27,30,33-34,40H,5-6,9-12,16-17H2,1-4H3,(H,35,36). The number of nitrogens with one attached hydrogen (secondary N) is 3. The molecular formula is C31H40FN7O2. The summed E-state index contributed by atoms with van der Waals surface area (Å²) in [6.45, 7) is 10.5. The lowest BCUT2D eigenvalue weighted by Crippen LogP contribution is -2.54. The lowest BCUT2D eigenvalue weighted by atomic mass is 9.96. The Morgan fingerprint density at radius 2 is 1.93 bits per heavy atom. The van der Waals surface area contributed by atoms with Gasteiger partial charge in [0, 0.05) is 55.4 Å². The largest absolute Gasteiger partial charge is 0.505 e. The van der Waals surface area contributed by atoms with E-state index < -0.39 is 5.82 Å². The lowest BCUT2D eigenvalue weighted by molar-refractivity contribution is -0.137. The monoisotopic (exact) mass is 561 g/mol. The zero-order chi connectivity index (χ0) is 28.8. The van der Waals surface area contributed by atoms with E-state index in [1.807, 2.05) is 25.1 Å². The van der Waals surface area contributed by atoms with Crippen LogP contribution in [0.5, 0.6) is 5.75 Å². The minimum atomic E-state index is -0.633. The van der Waals surface area contributed by atoms with E-state index in [1.54, 1.807) is 0 Å². The zero-order valence-electron chi connectivity index (χ0n) is 24.3. The number of hydrogen-bond acceptors (Lipinski definition) is 7. The van der Waals surface area contributed by atoms with E-state index in [0.29, 0.717) is 19.4 Å². The van der Waals surface area contributed by atoms with E-state index in [4.69, 9.17) is 0 Å². The molecule has 1 aromatic heterocycles. The maximum absolute atomic E-state index is 14.2. The average molecular weight is 562 g/mol. The number of aromatic nitrogens is 2. The maximum Gasteiger partial charge on any atom is 0.240 e. The Labute approximate surface area is 240 Å². The van der Waals surface area contributed by atoms with E-state index in [1.165, 1.54) is 12.1 Å². The Balaban J connectivity index is 1.22. The fraction of sp³-hybridized carbons (Fsp3) is 0.484. The van der Waals surface area contributed by atoms with Crippen LogP contribution in [0, 0.1) is 5.82 Å². The number of aromatic amines is 1. The molecule has 2 atom stereocenters. The minimum Gasteiger partial charge on any atom is -0.505 e. The number of phenols is 1. The number of carbonyl (C=O) groups is 1. The molecule has 0 saturated carbocycles. The topological polar surface area (TPSA) is 99.8 Å². The summed E-state index contributed by atoms with van der Waals surface area (Å²) in [6.07, 6.45) is 2.13. The number of amides is 1. The molecule has 9 nitrogen and oxygen atoms in total. The van der Waals surface area contributed by atoms with E-state index in [2.05, 4.69) is 56.4 Å². The second kappa shape index (κ2) is 11.0. The summed E-state index contributed by atoms with van der Waals surface area (Å²) in [5, 5.41) is 25.9. The Bertz CT molecular complexity index is 1500. The molecule has 4 N–H and O–H groups in total. The van der Waals surface area contributed by atoms with Gasteiger partial charge in [-0.25, -0.2) is 4.39 Å². The van der Waals surface area contributed by atoms with Gasteiger partial charge >= 0.3 is 0 Å². The SMILES string of the molecule is CCc1cc(O)c(F)cc1-c1ccc2c(C3NC4=C(CN(C(C)C)C(C(=O)N5CCCN(C)CC5)C4)N3)[nH]nc2c1. The Hall–Kier alpha value is -3.63. The summed E-state index contributed by atoms with van der Waals surface area (Å²) >= 11 is 0. The van der Waals surface area contributed by atoms with E-state index >= 15 is 0 Å². The molecule has 3 aromatic rings. The molecule has 4 heterocycles. The fourth-order valence-corrected chi connectivity index (χ4v) is 6.47. The van der Waals surface area contributed by atoms with Crippen LogP contribution in [-0.4, -0.2) is 87.8 Å². The third kappa shape index (κ3) is 5.15. The summed E-state index contributed by atoms with van der Waals surface area (Å²) in [5.41, 5.74) is 6.39. The van der Waals surface area contributed by atoms with Gasteiger partial charge in [0.25, 0.3) is 0 Å². The number of H-pyrrole nitrogens is 1. The van der Waals surface area contributed by atoms with E-state index in [-0.39, 0.29) is 29.9 Å². The summed E-state index contributed by atoms with van der Waals surface area (Å²) in [5.74, 6) is -0.739. The van der Waals surface area contributed by atoms with Crippen LogP contribution in [0.1, 0.15) is 51.0 Å². The van der Waals surface area contributed by atoms with Gasteiger partial charge in [0.15, 0.2) is 11.6 Å². The molecule has 3 aliphatic rings. The molecule has 0 aliphatic carbocycles. The highest BCUT2D eigenvalue weighted by Gasteiger charge is 2.40. The van der Waals surface area contributed by atoms with Crippen LogP contribution in [-0.2, 0) is 11.2 Å².